The summed E-state index contributed by atoms with van der Waals surface area (Å²) < 4.78 is 51.5. The highest BCUT2D eigenvalue weighted by atomic mass is 19.4. The van der Waals surface area contributed by atoms with Crippen LogP contribution >= 0.6 is 0 Å². The van der Waals surface area contributed by atoms with E-state index >= 15 is 0 Å². The van der Waals surface area contributed by atoms with Gasteiger partial charge in [0.1, 0.15) is 0 Å². The van der Waals surface area contributed by atoms with Gasteiger partial charge >= 0.3 is 18.2 Å². The average Bonchev–Trinajstić information content (AvgIpc) is 3.03. The van der Waals surface area contributed by atoms with Crippen molar-refractivity contribution in [2.24, 2.45) is 5.92 Å². The molecular weight excluding hydrogens is 607 g/mol. The first-order valence-electron chi connectivity index (χ1n) is 14.6. The molecule has 3 aromatic rings. The van der Waals surface area contributed by atoms with E-state index in [1.54, 1.807) is 30.0 Å². The number of nitrogens with zero attached hydrogens (tertiary/aromatic N) is 5. The third kappa shape index (κ3) is 7.74. The lowest BCUT2D eigenvalue weighted by Crippen LogP contribution is -2.46. The molecule has 0 aliphatic carbocycles. The van der Waals surface area contributed by atoms with Crippen LogP contribution in [-0.2, 0) is 22.1 Å². The summed E-state index contributed by atoms with van der Waals surface area (Å²) in [4.78, 5) is 39.6. The van der Waals surface area contributed by atoms with E-state index in [1.165, 1.54) is 26.3 Å². The number of anilines is 3. The van der Waals surface area contributed by atoms with Gasteiger partial charge in [0.25, 0.3) is 0 Å². The van der Waals surface area contributed by atoms with Crippen LogP contribution in [0.3, 0.4) is 0 Å². The molecule has 0 spiro atoms. The average molecular weight is 642 g/mol. The highest BCUT2D eigenvalue weighted by molar-refractivity contribution is 5.90. The first-order valence-corrected chi connectivity index (χ1v) is 14.6. The number of hydrogen-bond donors (Lipinski definition) is 3. The number of carboxylic acids is 1. The number of nitrogens with one attached hydrogen (secondary N) is 2. The van der Waals surface area contributed by atoms with Crippen LogP contribution in [0.2, 0.25) is 0 Å². The van der Waals surface area contributed by atoms with Gasteiger partial charge in [0.05, 0.1) is 71.8 Å². The Hall–Kier alpha value is -5.13. The fourth-order valence-corrected chi connectivity index (χ4v) is 5.12. The zero-order chi connectivity index (χ0) is 33.6. The summed E-state index contributed by atoms with van der Waals surface area (Å²) in [5, 5.41) is 25.0. The molecule has 4 rings (SSSR count). The van der Waals surface area contributed by atoms with Crippen LogP contribution in [-0.4, -0.2) is 58.4 Å². The first-order chi connectivity index (χ1) is 21.9. The lowest BCUT2D eigenvalue weighted by molar-refractivity contribution is -0.140. The van der Waals surface area contributed by atoms with Gasteiger partial charge in [-0.2, -0.15) is 18.4 Å². The Morgan fingerprint density at radius 1 is 1.22 bits per heavy atom. The van der Waals surface area contributed by atoms with Gasteiger partial charge in [-0.1, -0.05) is 13.8 Å². The van der Waals surface area contributed by atoms with Crippen molar-refractivity contribution in [2.45, 2.75) is 58.3 Å². The van der Waals surface area contributed by atoms with Crippen LogP contribution in [0.25, 0.3) is 0 Å². The van der Waals surface area contributed by atoms with E-state index in [1.807, 2.05) is 6.92 Å². The van der Waals surface area contributed by atoms with Crippen molar-refractivity contribution in [1.82, 2.24) is 15.0 Å². The predicted octanol–water partition coefficient (Wildman–Crippen LogP) is 5.79. The Morgan fingerprint density at radius 2 is 1.98 bits per heavy atom. The summed E-state index contributed by atoms with van der Waals surface area (Å²) in [6, 6.07) is 7.42. The number of pyridine rings is 1. The van der Waals surface area contributed by atoms with Gasteiger partial charge in [-0.05, 0) is 49.6 Å². The quantitative estimate of drug-likeness (QED) is 0.232. The molecular formula is C31H34F3N7O5. The van der Waals surface area contributed by atoms with Crippen LogP contribution in [0.4, 0.5) is 35.3 Å². The molecule has 0 saturated carbocycles. The van der Waals surface area contributed by atoms with Gasteiger partial charge in [-0.25, -0.2) is 19.7 Å². The number of carbonyl (C=O) groups excluding carboxylic acids is 1. The minimum Gasteiger partial charge on any atom is -0.481 e. The van der Waals surface area contributed by atoms with Crippen LogP contribution in [0.1, 0.15) is 67.7 Å². The zero-order valence-electron chi connectivity index (χ0n) is 25.7. The molecule has 3 atom stereocenters. The molecule has 1 aromatic carbocycles. The number of methoxy groups -OCH3 is 1. The fourth-order valence-electron chi connectivity index (χ4n) is 5.12. The standard InChI is InChI=1S/C31H34F3N7O5/c1-5-21-13-23(27-25(7-8-26(40-27)45-4)41(21)30(44)46-6-2)39-29-37-16-24(36-15-17(3)28(42)43)22(38-29)12-18-9-19(14-35)11-20(10-18)31(32,33)34/h7-11,16-17,21,23,36H,5-6,12-13,15H2,1-4H3,(H,42,43)(H,37,38,39)/t17?,21-,23+/m1/s1. The number of hydrogen-bond acceptors (Lipinski definition) is 10. The van der Waals surface area contributed by atoms with E-state index in [-0.39, 0.29) is 48.4 Å². The number of aromatic nitrogens is 3. The van der Waals surface area contributed by atoms with Crippen molar-refractivity contribution in [3.05, 3.63) is 64.6 Å². The van der Waals surface area contributed by atoms with Crippen molar-refractivity contribution in [2.75, 3.05) is 35.8 Å². The monoisotopic (exact) mass is 641 g/mol. The Balaban J connectivity index is 1.74. The van der Waals surface area contributed by atoms with Crippen LogP contribution in [0.15, 0.2) is 36.5 Å². The number of alkyl halides is 3. The second kappa shape index (κ2) is 14.3. The molecule has 3 heterocycles. The molecule has 12 nitrogen and oxygen atoms in total. The SMILES string of the molecule is CCOC(=O)N1c2ccc(OC)nc2[C@@H](Nc2ncc(NCC(C)C(=O)O)c(Cc3cc(C#N)cc(C(F)(F)F)c3)n2)C[C@H]1CC. The Morgan fingerprint density at radius 3 is 2.61 bits per heavy atom. The molecule has 0 fully saturated rings. The number of halogens is 3. The molecule has 46 heavy (non-hydrogen) atoms. The van der Waals surface area contributed by atoms with Crippen molar-refractivity contribution < 1.29 is 37.3 Å². The topological polar surface area (TPSA) is 163 Å². The van der Waals surface area contributed by atoms with Crippen molar-refractivity contribution in [3.63, 3.8) is 0 Å². The number of nitriles is 1. The summed E-state index contributed by atoms with van der Waals surface area (Å²) in [5.74, 6) is -1.38. The van der Waals surface area contributed by atoms with Gasteiger partial charge in [0.2, 0.25) is 11.8 Å². The van der Waals surface area contributed by atoms with Gasteiger partial charge < -0.3 is 25.2 Å². The first kappa shape index (κ1) is 33.8. The molecule has 1 aliphatic heterocycles. The van der Waals surface area contributed by atoms with Gasteiger partial charge in [0, 0.05) is 25.1 Å². The molecule has 0 bridgehead atoms. The van der Waals surface area contributed by atoms with Crippen LogP contribution in [0, 0.1) is 17.2 Å². The lowest BCUT2D eigenvalue weighted by atomic mass is 9.93. The number of carbonyl (C=O) groups is 2. The Kier molecular flexibility index (Phi) is 10.5. The van der Waals surface area contributed by atoms with E-state index < -0.39 is 35.8 Å². The number of amides is 1. The molecule has 2 aromatic heterocycles. The van der Waals surface area contributed by atoms with E-state index in [0.717, 1.165) is 12.1 Å². The molecule has 244 valence electrons. The smallest absolute Gasteiger partial charge is 0.416 e. The van der Waals surface area contributed by atoms with Gasteiger partial charge in [0.15, 0.2) is 0 Å². The molecule has 1 unspecified atom stereocenters. The van der Waals surface area contributed by atoms with E-state index in [4.69, 9.17) is 9.47 Å². The third-order valence-corrected chi connectivity index (χ3v) is 7.50. The van der Waals surface area contributed by atoms with Crippen LogP contribution in [0.5, 0.6) is 5.88 Å². The maximum atomic E-state index is 13.6. The molecule has 1 amide bonds. The number of aliphatic carboxylic acids is 1. The highest BCUT2D eigenvalue weighted by Crippen LogP contribution is 2.40. The van der Waals surface area contributed by atoms with Crippen LogP contribution < -0.4 is 20.3 Å². The summed E-state index contributed by atoms with van der Waals surface area (Å²) in [6.45, 7) is 5.36. The number of ether oxygens (including phenoxy) is 2. The lowest BCUT2D eigenvalue weighted by Gasteiger charge is -2.39. The summed E-state index contributed by atoms with van der Waals surface area (Å²) in [6.07, 6.45) is -2.90. The van der Waals surface area contributed by atoms with Gasteiger partial charge in [-0.3, -0.25) is 9.69 Å². The summed E-state index contributed by atoms with van der Waals surface area (Å²) >= 11 is 0. The zero-order valence-corrected chi connectivity index (χ0v) is 25.7. The second-order valence-electron chi connectivity index (χ2n) is 10.7. The molecule has 15 heteroatoms. The fraction of sp³-hybridized carbons (Fsp3) is 0.419. The van der Waals surface area contributed by atoms with Crippen molar-refractivity contribution >= 4 is 29.4 Å². The Labute approximate surface area is 263 Å². The highest BCUT2D eigenvalue weighted by Gasteiger charge is 2.38. The minimum atomic E-state index is -4.67. The summed E-state index contributed by atoms with van der Waals surface area (Å²) in [5.41, 5.74) is 0.628. The largest absolute Gasteiger partial charge is 0.481 e. The second-order valence-corrected chi connectivity index (χ2v) is 10.7. The maximum absolute atomic E-state index is 13.6. The number of fused-ring (bicyclic) bond motifs is 1. The predicted molar refractivity (Wildman–Crippen MR) is 162 cm³/mol. The minimum absolute atomic E-state index is 0.00605. The number of carboxylic acid groups (broad SMARTS) is 1. The molecule has 3 N–H and O–H groups in total. The summed E-state index contributed by atoms with van der Waals surface area (Å²) in [7, 11) is 1.47. The van der Waals surface area contributed by atoms with E-state index in [9.17, 15) is 33.1 Å². The third-order valence-electron chi connectivity index (χ3n) is 7.50. The Bertz CT molecular complexity index is 1630. The van der Waals surface area contributed by atoms with Crippen molar-refractivity contribution in [1.29, 1.82) is 5.26 Å². The maximum Gasteiger partial charge on any atom is 0.416 e. The van der Waals surface area contributed by atoms with E-state index in [0.29, 0.717) is 35.8 Å². The number of rotatable bonds is 11. The molecule has 0 radical (unpaired) electrons. The van der Waals surface area contributed by atoms with E-state index in [2.05, 4.69) is 25.6 Å². The normalized spacial score (nSPS) is 16.5. The van der Waals surface area contributed by atoms with Gasteiger partial charge in [-0.15, -0.1) is 0 Å². The number of benzene rings is 1. The molecule has 1 aliphatic rings. The molecule has 0 saturated heterocycles. The van der Waals surface area contributed by atoms with Crippen molar-refractivity contribution in [3.8, 4) is 11.9 Å².